The van der Waals surface area contributed by atoms with E-state index in [-0.39, 0.29) is 41.5 Å². The molecule has 1 aromatic carbocycles. The van der Waals surface area contributed by atoms with Crippen molar-refractivity contribution >= 4 is 39.8 Å². The molecule has 2 rings (SSSR count). The molecule has 1 unspecified atom stereocenters. The maximum atomic E-state index is 11.5. The molecule has 136 valence electrons. The second-order valence-corrected chi connectivity index (χ2v) is 7.55. The van der Waals surface area contributed by atoms with Gasteiger partial charge in [0.2, 0.25) is 0 Å². The van der Waals surface area contributed by atoms with E-state index in [1.807, 2.05) is 18.2 Å². The van der Waals surface area contributed by atoms with Crippen LogP contribution in [0.3, 0.4) is 0 Å². The summed E-state index contributed by atoms with van der Waals surface area (Å²) < 4.78 is 33.7. The molecule has 1 atom stereocenters. The van der Waals surface area contributed by atoms with Crippen molar-refractivity contribution in [1.29, 1.82) is 0 Å². The van der Waals surface area contributed by atoms with Gasteiger partial charge in [0.25, 0.3) is 0 Å². The fourth-order valence-electron chi connectivity index (χ4n) is 2.57. The third-order valence-corrected chi connectivity index (χ3v) is 5.50. The normalized spacial score (nSPS) is 19.3. The fourth-order valence-corrected chi connectivity index (χ4v) is 4.24. The van der Waals surface area contributed by atoms with Gasteiger partial charge in [-0.05, 0) is 12.5 Å². The second kappa shape index (κ2) is 9.30. The van der Waals surface area contributed by atoms with Crippen molar-refractivity contribution < 1.29 is 17.9 Å². The van der Waals surface area contributed by atoms with E-state index in [4.69, 9.17) is 9.47 Å². The Bertz CT molecular complexity index is 679. The van der Waals surface area contributed by atoms with Gasteiger partial charge in [-0.3, -0.25) is 4.99 Å². The van der Waals surface area contributed by atoms with Gasteiger partial charge in [0.15, 0.2) is 27.3 Å². The molecular formula is C15H24IN3O4S. The van der Waals surface area contributed by atoms with Crippen LogP contribution < -0.4 is 20.1 Å². The van der Waals surface area contributed by atoms with Gasteiger partial charge < -0.3 is 20.1 Å². The molecule has 9 heteroatoms. The van der Waals surface area contributed by atoms with Gasteiger partial charge in [-0.2, -0.15) is 0 Å². The molecule has 7 nitrogen and oxygen atoms in total. The molecular weight excluding hydrogens is 445 g/mol. The molecule has 2 N–H and O–H groups in total. The van der Waals surface area contributed by atoms with Crippen molar-refractivity contribution in [3.63, 3.8) is 0 Å². The maximum Gasteiger partial charge on any atom is 0.191 e. The topological polar surface area (TPSA) is 89.0 Å². The highest BCUT2D eigenvalue weighted by molar-refractivity contribution is 14.0. The number of sulfone groups is 1. The lowest BCUT2D eigenvalue weighted by molar-refractivity contribution is 0.351. The molecule has 0 bridgehead atoms. The Morgan fingerprint density at radius 1 is 1.33 bits per heavy atom. The van der Waals surface area contributed by atoms with Crippen LogP contribution in [0.4, 0.5) is 0 Å². The number of aliphatic imine (C=N–C) groups is 1. The highest BCUT2D eigenvalue weighted by Crippen LogP contribution is 2.30. The SMILES string of the molecule is CN=C(NCc1cccc(OC)c1OC)NC1CCS(=O)(=O)C1.I. The number of nitrogens with one attached hydrogen (secondary N) is 2. The van der Waals surface area contributed by atoms with E-state index in [0.717, 1.165) is 5.56 Å². The van der Waals surface area contributed by atoms with Crippen molar-refractivity contribution in [2.45, 2.75) is 19.0 Å². The Labute approximate surface area is 160 Å². The summed E-state index contributed by atoms with van der Waals surface area (Å²) in [6.07, 6.45) is 0.603. The van der Waals surface area contributed by atoms with Crippen LogP contribution in [0.2, 0.25) is 0 Å². The van der Waals surface area contributed by atoms with E-state index >= 15 is 0 Å². The van der Waals surface area contributed by atoms with Crippen molar-refractivity contribution in [3.05, 3.63) is 23.8 Å². The van der Waals surface area contributed by atoms with Crippen molar-refractivity contribution in [1.82, 2.24) is 10.6 Å². The highest BCUT2D eigenvalue weighted by atomic mass is 127. The summed E-state index contributed by atoms with van der Waals surface area (Å²) in [5.41, 5.74) is 0.925. The Morgan fingerprint density at radius 2 is 2.08 bits per heavy atom. The zero-order valence-electron chi connectivity index (χ0n) is 14.0. The predicted molar refractivity (Wildman–Crippen MR) is 105 cm³/mol. The number of halogens is 1. The van der Waals surface area contributed by atoms with Crippen LogP contribution in [0.5, 0.6) is 11.5 Å². The predicted octanol–water partition coefficient (Wildman–Crippen LogP) is 1.17. The second-order valence-electron chi connectivity index (χ2n) is 5.32. The number of methoxy groups -OCH3 is 2. The van der Waals surface area contributed by atoms with Gasteiger partial charge in [-0.25, -0.2) is 8.42 Å². The third-order valence-electron chi connectivity index (χ3n) is 3.73. The first kappa shape index (κ1) is 20.8. The molecule has 1 aliphatic rings. The summed E-state index contributed by atoms with van der Waals surface area (Å²) in [5.74, 6) is 2.27. The zero-order chi connectivity index (χ0) is 16.9. The zero-order valence-corrected chi connectivity index (χ0v) is 17.2. The van der Waals surface area contributed by atoms with E-state index in [0.29, 0.717) is 30.4 Å². The van der Waals surface area contributed by atoms with Crippen LogP contribution in [0.1, 0.15) is 12.0 Å². The lowest BCUT2D eigenvalue weighted by Gasteiger charge is -2.17. The minimum absolute atomic E-state index is 0. The Morgan fingerprint density at radius 3 is 2.62 bits per heavy atom. The summed E-state index contributed by atoms with van der Waals surface area (Å²) in [5, 5.41) is 6.32. The maximum absolute atomic E-state index is 11.5. The third kappa shape index (κ3) is 5.40. The molecule has 24 heavy (non-hydrogen) atoms. The molecule has 0 spiro atoms. The first-order valence-electron chi connectivity index (χ1n) is 7.36. The molecule has 0 saturated carbocycles. The number of hydrogen-bond acceptors (Lipinski definition) is 5. The van der Waals surface area contributed by atoms with Crippen LogP contribution in [-0.4, -0.2) is 53.2 Å². The van der Waals surface area contributed by atoms with Crippen LogP contribution >= 0.6 is 24.0 Å². The lowest BCUT2D eigenvalue weighted by Crippen LogP contribution is -2.43. The minimum Gasteiger partial charge on any atom is -0.493 e. The van der Waals surface area contributed by atoms with E-state index in [1.54, 1.807) is 21.3 Å². The molecule has 1 saturated heterocycles. The molecule has 1 aliphatic heterocycles. The van der Waals surface area contributed by atoms with Crippen molar-refractivity contribution in [2.24, 2.45) is 4.99 Å². The van der Waals surface area contributed by atoms with Gasteiger partial charge in [0.1, 0.15) is 0 Å². The van der Waals surface area contributed by atoms with Gasteiger partial charge in [0, 0.05) is 25.2 Å². The smallest absolute Gasteiger partial charge is 0.191 e. The van der Waals surface area contributed by atoms with Gasteiger partial charge in [0.05, 0.1) is 25.7 Å². The van der Waals surface area contributed by atoms with Crippen LogP contribution in [-0.2, 0) is 16.4 Å². The van der Waals surface area contributed by atoms with Crippen LogP contribution in [0, 0.1) is 0 Å². The molecule has 1 heterocycles. The van der Waals surface area contributed by atoms with E-state index < -0.39 is 9.84 Å². The van der Waals surface area contributed by atoms with Crippen LogP contribution in [0.15, 0.2) is 23.2 Å². The number of nitrogens with zero attached hydrogens (tertiary/aromatic N) is 1. The molecule has 1 aromatic rings. The monoisotopic (exact) mass is 469 g/mol. The number of rotatable bonds is 5. The summed E-state index contributed by atoms with van der Waals surface area (Å²) >= 11 is 0. The number of para-hydroxylation sites is 1. The number of benzene rings is 1. The molecule has 0 radical (unpaired) electrons. The molecule has 0 aliphatic carbocycles. The van der Waals surface area contributed by atoms with Crippen molar-refractivity contribution in [2.75, 3.05) is 32.8 Å². The first-order valence-corrected chi connectivity index (χ1v) is 9.18. The lowest BCUT2D eigenvalue weighted by atomic mass is 10.2. The van der Waals surface area contributed by atoms with E-state index in [9.17, 15) is 8.42 Å². The van der Waals surface area contributed by atoms with Crippen LogP contribution in [0.25, 0.3) is 0 Å². The van der Waals surface area contributed by atoms with Gasteiger partial charge >= 0.3 is 0 Å². The number of ether oxygens (including phenoxy) is 2. The first-order chi connectivity index (χ1) is 11.0. The van der Waals surface area contributed by atoms with E-state index in [2.05, 4.69) is 15.6 Å². The summed E-state index contributed by atoms with van der Waals surface area (Å²) in [7, 11) is 1.92. The average Bonchev–Trinajstić information content (AvgIpc) is 2.89. The fraction of sp³-hybridized carbons (Fsp3) is 0.533. The summed E-state index contributed by atoms with van der Waals surface area (Å²) in [6, 6.07) is 5.55. The van der Waals surface area contributed by atoms with Crippen molar-refractivity contribution in [3.8, 4) is 11.5 Å². The van der Waals surface area contributed by atoms with Gasteiger partial charge in [-0.15, -0.1) is 24.0 Å². The molecule has 1 fully saturated rings. The summed E-state index contributed by atoms with van der Waals surface area (Å²) in [4.78, 5) is 4.14. The van der Waals surface area contributed by atoms with E-state index in [1.165, 1.54) is 0 Å². The largest absolute Gasteiger partial charge is 0.493 e. The average molecular weight is 469 g/mol. The standard InChI is InChI=1S/C15H23N3O4S.HI/c1-16-15(18-12-7-8-23(19,20)10-12)17-9-11-5-4-6-13(21-2)14(11)22-3;/h4-6,12H,7-10H2,1-3H3,(H2,16,17,18);1H. The summed E-state index contributed by atoms with van der Waals surface area (Å²) in [6.45, 7) is 0.486. The minimum atomic E-state index is -2.92. The Hall–Kier alpha value is -1.23. The molecule has 0 aromatic heterocycles. The quantitative estimate of drug-likeness (QED) is 0.383. The number of hydrogen-bond donors (Lipinski definition) is 2. The Balaban J connectivity index is 0.00000288. The molecule has 0 amide bonds. The highest BCUT2D eigenvalue weighted by Gasteiger charge is 2.28. The Kier molecular flexibility index (Phi) is 8.07. The van der Waals surface area contributed by atoms with Gasteiger partial charge in [-0.1, -0.05) is 12.1 Å². The number of guanidine groups is 1.